The summed E-state index contributed by atoms with van der Waals surface area (Å²) in [4.78, 5) is 24.9. The normalized spacial score (nSPS) is 16.2. The van der Waals surface area contributed by atoms with Gasteiger partial charge in [-0.25, -0.2) is 9.37 Å². The number of nitrogens with zero attached hydrogens (tertiary/aromatic N) is 3. The highest BCUT2D eigenvalue weighted by molar-refractivity contribution is 5.84. The van der Waals surface area contributed by atoms with Crippen LogP contribution in [0, 0.1) is 5.82 Å². The van der Waals surface area contributed by atoms with Crippen LogP contribution in [0.3, 0.4) is 0 Å². The van der Waals surface area contributed by atoms with Crippen molar-refractivity contribution in [1.29, 1.82) is 0 Å². The van der Waals surface area contributed by atoms with Gasteiger partial charge in [0.05, 0.1) is 17.1 Å². The van der Waals surface area contributed by atoms with Gasteiger partial charge in [-0.2, -0.15) is 13.2 Å². The number of alkyl halides is 3. The number of likely N-dealkylation sites (tertiary alicyclic amines) is 1. The summed E-state index contributed by atoms with van der Waals surface area (Å²) in [6.07, 6.45) is -2.60. The number of aromatic amines is 1. The molecule has 1 atom stereocenters. The van der Waals surface area contributed by atoms with E-state index < -0.39 is 23.9 Å². The number of imidazole rings is 1. The Morgan fingerprint density at radius 2 is 1.91 bits per heavy atom. The highest BCUT2D eigenvalue weighted by Gasteiger charge is 2.46. The Hall–Kier alpha value is -3.95. The van der Waals surface area contributed by atoms with Crippen LogP contribution in [0.2, 0.25) is 0 Å². The molecular weight excluding hydrogens is 452 g/mol. The molecule has 1 aliphatic rings. The van der Waals surface area contributed by atoms with Gasteiger partial charge in [0.2, 0.25) is 0 Å². The first-order valence-electron chi connectivity index (χ1n) is 10.6. The number of halogens is 4. The second kappa shape index (κ2) is 8.44. The Bertz CT molecular complexity index is 1340. The fourth-order valence-electron chi connectivity index (χ4n) is 4.15. The van der Waals surface area contributed by atoms with Gasteiger partial charge in [-0.1, -0.05) is 6.07 Å². The molecule has 10 heteroatoms. The van der Waals surface area contributed by atoms with Crippen LogP contribution < -0.4 is 4.74 Å². The third-order valence-electron chi connectivity index (χ3n) is 5.68. The van der Waals surface area contributed by atoms with E-state index in [1.807, 2.05) is 6.07 Å². The van der Waals surface area contributed by atoms with Gasteiger partial charge in [-0.05, 0) is 55.3 Å². The Morgan fingerprint density at radius 3 is 2.62 bits per heavy atom. The maximum Gasteiger partial charge on any atom is 0.471 e. The van der Waals surface area contributed by atoms with Crippen LogP contribution in [0.4, 0.5) is 17.6 Å². The Morgan fingerprint density at radius 1 is 1.12 bits per heavy atom. The van der Waals surface area contributed by atoms with Gasteiger partial charge >= 0.3 is 12.1 Å². The lowest BCUT2D eigenvalue weighted by molar-refractivity contribution is -0.186. The smallest absolute Gasteiger partial charge is 0.457 e. The van der Waals surface area contributed by atoms with E-state index in [0.29, 0.717) is 46.7 Å². The molecule has 1 fully saturated rings. The highest BCUT2D eigenvalue weighted by Crippen LogP contribution is 2.42. The molecule has 1 saturated heterocycles. The number of carbonyl (C=O) groups is 1. The molecule has 2 aromatic carbocycles. The molecule has 1 N–H and O–H groups in total. The number of benzene rings is 2. The summed E-state index contributed by atoms with van der Waals surface area (Å²) >= 11 is 0. The third-order valence-corrected chi connectivity index (χ3v) is 5.68. The molecule has 2 aromatic heterocycles. The standard InChI is InChI=1S/C24H18F4N4O2/c25-14-6-8-15(9-7-14)34-21-13-19-18(30-22(31-19)17-4-1-2-10-29-17)12-16(21)20-5-3-11-32(20)23(33)24(26,27)28/h1-2,4,6-10,12-13,20H,3,5,11H2,(H,30,31). The lowest BCUT2D eigenvalue weighted by atomic mass is 10.0. The zero-order chi connectivity index (χ0) is 23.9. The fourth-order valence-corrected chi connectivity index (χ4v) is 4.15. The maximum atomic E-state index is 13.3. The number of hydrogen-bond donors (Lipinski definition) is 1. The fraction of sp³-hybridized carbons (Fsp3) is 0.208. The van der Waals surface area contributed by atoms with Crippen LogP contribution >= 0.6 is 0 Å². The molecule has 1 aliphatic heterocycles. The number of hydrogen-bond acceptors (Lipinski definition) is 4. The van der Waals surface area contributed by atoms with Gasteiger partial charge in [0.25, 0.3) is 0 Å². The van der Waals surface area contributed by atoms with Crippen LogP contribution in [-0.2, 0) is 4.79 Å². The van der Waals surface area contributed by atoms with Gasteiger partial charge in [-0.15, -0.1) is 0 Å². The summed E-state index contributed by atoms with van der Waals surface area (Å²) in [6, 6.07) is 13.0. The van der Waals surface area contributed by atoms with E-state index >= 15 is 0 Å². The van der Waals surface area contributed by atoms with Gasteiger partial charge in [0.15, 0.2) is 5.82 Å². The molecule has 34 heavy (non-hydrogen) atoms. The molecule has 0 aliphatic carbocycles. The molecule has 1 amide bonds. The lowest BCUT2D eigenvalue weighted by Gasteiger charge is -2.27. The monoisotopic (exact) mass is 470 g/mol. The van der Waals surface area contributed by atoms with Crippen molar-refractivity contribution in [3.63, 3.8) is 0 Å². The maximum absolute atomic E-state index is 13.3. The SMILES string of the molecule is O=C(N1CCCC1c1cc2[nH]c(-c3ccccn3)nc2cc1Oc1ccc(F)cc1)C(F)(F)F. The second-order valence-corrected chi connectivity index (χ2v) is 7.92. The Kier molecular flexibility index (Phi) is 5.43. The first-order chi connectivity index (χ1) is 16.3. The number of H-pyrrole nitrogens is 1. The molecule has 174 valence electrons. The van der Waals surface area contributed by atoms with Crippen molar-refractivity contribution < 1.29 is 27.1 Å². The van der Waals surface area contributed by atoms with Crippen LogP contribution in [0.25, 0.3) is 22.6 Å². The summed E-state index contributed by atoms with van der Waals surface area (Å²) in [6.45, 7) is -0.0147. The molecule has 0 saturated carbocycles. The average Bonchev–Trinajstić information content (AvgIpc) is 3.46. The number of pyridine rings is 1. The van der Waals surface area contributed by atoms with Crippen molar-refractivity contribution >= 4 is 16.9 Å². The van der Waals surface area contributed by atoms with E-state index in [4.69, 9.17) is 4.74 Å². The van der Waals surface area contributed by atoms with Crippen LogP contribution in [0.5, 0.6) is 11.5 Å². The van der Waals surface area contributed by atoms with E-state index in [1.54, 1.807) is 30.5 Å². The molecule has 1 unspecified atom stereocenters. The van der Waals surface area contributed by atoms with E-state index in [1.165, 1.54) is 24.3 Å². The van der Waals surface area contributed by atoms with Gasteiger partial charge < -0.3 is 14.6 Å². The number of rotatable bonds is 4. The summed E-state index contributed by atoms with van der Waals surface area (Å²) < 4.78 is 59.0. The second-order valence-electron chi connectivity index (χ2n) is 7.92. The number of nitrogens with one attached hydrogen (secondary N) is 1. The van der Waals surface area contributed by atoms with Crippen molar-refractivity contribution in [3.8, 4) is 23.0 Å². The minimum atomic E-state index is -4.98. The molecular formula is C24H18F4N4O2. The molecule has 4 aromatic rings. The summed E-state index contributed by atoms with van der Waals surface area (Å²) in [5, 5.41) is 0. The third kappa shape index (κ3) is 4.18. The van der Waals surface area contributed by atoms with Gasteiger partial charge in [0, 0.05) is 24.4 Å². The number of aromatic nitrogens is 3. The Balaban J connectivity index is 1.61. The Labute approximate surface area is 191 Å². The molecule has 6 nitrogen and oxygen atoms in total. The van der Waals surface area contributed by atoms with E-state index in [-0.39, 0.29) is 12.3 Å². The van der Waals surface area contributed by atoms with E-state index in [9.17, 15) is 22.4 Å². The molecule has 0 spiro atoms. The summed E-state index contributed by atoms with van der Waals surface area (Å²) in [7, 11) is 0. The zero-order valence-electron chi connectivity index (χ0n) is 17.6. The van der Waals surface area contributed by atoms with Crippen molar-refractivity contribution in [2.45, 2.75) is 25.1 Å². The van der Waals surface area contributed by atoms with E-state index in [2.05, 4.69) is 15.0 Å². The number of carbonyl (C=O) groups excluding carboxylic acids is 1. The van der Waals surface area contributed by atoms with Crippen LogP contribution in [-0.4, -0.2) is 38.5 Å². The van der Waals surface area contributed by atoms with E-state index in [0.717, 1.165) is 4.90 Å². The summed E-state index contributed by atoms with van der Waals surface area (Å²) in [5.74, 6) is -1.32. The van der Waals surface area contributed by atoms with Gasteiger partial charge in [-0.3, -0.25) is 9.78 Å². The number of fused-ring (bicyclic) bond motifs is 1. The van der Waals surface area contributed by atoms with Crippen LogP contribution in [0.15, 0.2) is 60.8 Å². The van der Waals surface area contributed by atoms with Crippen molar-refractivity contribution in [3.05, 3.63) is 72.2 Å². The predicted octanol–water partition coefficient (Wildman–Crippen LogP) is 5.78. The lowest BCUT2D eigenvalue weighted by Crippen LogP contribution is -2.40. The van der Waals surface area contributed by atoms with Gasteiger partial charge in [0.1, 0.15) is 23.0 Å². The molecule has 0 bridgehead atoms. The first kappa shape index (κ1) is 21.9. The number of ether oxygens (including phenoxy) is 1. The molecule has 5 rings (SSSR count). The first-order valence-corrected chi connectivity index (χ1v) is 10.6. The largest absolute Gasteiger partial charge is 0.471 e. The topological polar surface area (TPSA) is 71.1 Å². The van der Waals surface area contributed by atoms with Crippen molar-refractivity contribution in [2.75, 3.05) is 6.54 Å². The predicted molar refractivity (Wildman–Crippen MR) is 116 cm³/mol. The van der Waals surface area contributed by atoms with Crippen LogP contribution in [0.1, 0.15) is 24.4 Å². The molecule has 3 heterocycles. The molecule has 0 radical (unpaired) electrons. The van der Waals surface area contributed by atoms with Crippen molar-refractivity contribution in [2.24, 2.45) is 0 Å². The zero-order valence-corrected chi connectivity index (χ0v) is 17.6. The number of amides is 1. The van der Waals surface area contributed by atoms with Crippen molar-refractivity contribution in [1.82, 2.24) is 19.9 Å². The minimum Gasteiger partial charge on any atom is -0.457 e. The quantitative estimate of drug-likeness (QED) is 0.384. The average molecular weight is 470 g/mol. The minimum absolute atomic E-state index is 0.0147. The summed E-state index contributed by atoms with van der Waals surface area (Å²) in [5.41, 5.74) is 2.07. The highest BCUT2D eigenvalue weighted by atomic mass is 19.4.